The summed E-state index contributed by atoms with van der Waals surface area (Å²) in [5.74, 6) is -0.599. The van der Waals surface area contributed by atoms with Crippen LogP contribution in [0.3, 0.4) is 0 Å². The van der Waals surface area contributed by atoms with Crippen molar-refractivity contribution in [3.8, 4) is 11.5 Å². The molecule has 1 unspecified atom stereocenters. The average molecular weight is 431 g/mol. The highest BCUT2D eigenvalue weighted by Gasteiger charge is 2.65. The number of likely N-dealkylation sites (tertiary alicyclic amines) is 1. The Labute approximate surface area is 178 Å². The van der Waals surface area contributed by atoms with E-state index in [1.807, 2.05) is 12.1 Å². The van der Waals surface area contributed by atoms with Crippen LogP contribution >= 0.6 is 0 Å². The number of nitrogens with zero attached hydrogens (tertiary/aromatic N) is 1. The fourth-order valence-corrected chi connectivity index (χ4v) is 6.45. The molecular weight excluding hydrogens is 406 g/mol. The fraction of sp³-hybridized carbons (Fsp3) is 0.591. The molecule has 0 amide bonds. The number of hydrogen-bond acceptors (Lipinski definition) is 8. The van der Waals surface area contributed by atoms with Gasteiger partial charge in [0.05, 0.1) is 0 Å². The number of carboxylic acid groups (broad SMARTS) is 1. The van der Waals surface area contributed by atoms with E-state index in [1.54, 1.807) is 6.07 Å². The first-order valence-corrected chi connectivity index (χ1v) is 10.6. The number of carboxylic acids is 1. The van der Waals surface area contributed by atoms with Gasteiger partial charge in [0.2, 0.25) is 0 Å². The number of aliphatic carboxylic acids is 1. The van der Waals surface area contributed by atoms with E-state index in [4.69, 9.17) is 14.2 Å². The highest BCUT2D eigenvalue weighted by molar-refractivity contribution is 5.73. The van der Waals surface area contributed by atoms with Gasteiger partial charge in [-0.2, -0.15) is 0 Å². The molecule has 0 saturated carbocycles. The molecule has 2 saturated heterocycles. The van der Waals surface area contributed by atoms with Crippen molar-refractivity contribution in [2.75, 3.05) is 13.6 Å². The van der Waals surface area contributed by atoms with E-state index in [0.717, 1.165) is 30.5 Å². The summed E-state index contributed by atoms with van der Waals surface area (Å²) in [6.45, 7) is 0.873. The molecule has 31 heavy (non-hydrogen) atoms. The monoisotopic (exact) mass is 431 g/mol. The van der Waals surface area contributed by atoms with Crippen molar-refractivity contribution in [3.05, 3.63) is 35.4 Å². The summed E-state index contributed by atoms with van der Waals surface area (Å²) in [6, 6.07) is 3.93. The van der Waals surface area contributed by atoms with Crippen LogP contribution in [0.2, 0.25) is 0 Å². The van der Waals surface area contributed by atoms with Gasteiger partial charge >= 0.3 is 5.97 Å². The minimum atomic E-state index is -1.58. The van der Waals surface area contributed by atoms with Gasteiger partial charge in [-0.3, -0.25) is 0 Å². The predicted octanol–water partition coefficient (Wildman–Crippen LogP) is -0.246. The van der Waals surface area contributed by atoms with Crippen LogP contribution in [0.25, 0.3) is 0 Å². The second kappa shape index (κ2) is 6.43. The van der Waals surface area contributed by atoms with Crippen LogP contribution < -0.4 is 4.74 Å². The lowest BCUT2D eigenvalue weighted by Gasteiger charge is -2.57. The van der Waals surface area contributed by atoms with Gasteiger partial charge < -0.3 is 39.5 Å². The summed E-state index contributed by atoms with van der Waals surface area (Å²) in [5, 5.41) is 40.1. The summed E-state index contributed by atoms with van der Waals surface area (Å²) in [4.78, 5) is 13.7. The molecule has 1 spiro atoms. The van der Waals surface area contributed by atoms with Crippen LogP contribution in [0.15, 0.2) is 24.3 Å². The van der Waals surface area contributed by atoms with Crippen molar-refractivity contribution < 1.29 is 39.4 Å². The van der Waals surface area contributed by atoms with Crippen molar-refractivity contribution in [1.82, 2.24) is 4.90 Å². The average Bonchev–Trinajstić information content (AvgIpc) is 3.23. The number of aliphatic hydroxyl groups excluding tert-OH is 2. The Morgan fingerprint density at radius 3 is 2.81 bits per heavy atom. The smallest absolute Gasteiger partial charge is 0.335 e. The Morgan fingerprint density at radius 1 is 1.26 bits per heavy atom. The lowest BCUT2D eigenvalue weighted by Crippen LogP contribution is -2.65. The second-order valence-corrected chi connectivity index (χ2v) is 9.28. The highest BCUT2D eigenvalue weighted by Crippen LogP contribution is 2.62. The zero-order valence-electron chi connectivity index (χ0n) is 16.9. The molecule has 2 fully saturated rings. The minimum Gasteiger partial charge on any atom is -0.504 e. The normalized spacial score (nSPS) is 44.7. The molecule has 4 N–H and O–H groups in total. The number of benzene rings is 1. The molecule has 166 valence electrons. The van der Waals surface area contributed by atoms with Gasteiger partial charge in [0.25, 0.3) is 0 Å². The van der Waals surface area contributed by atoms with Gasteiger partial charge in [0.1, 0.15) is 24.4 Å². The summed E-state index contributed by atoms with van der Waals surface area (Å²) in [7, 11) is 2.13. The van der Waals surface area contributed by atoms with Gasteiger partial charge in [-0.1, -0.05) is 18.2 Å². The number of phenols is 1. The SMILES string of the molecule is CN1CCC23c4c5ccc(O)c4O[C@H]2[C@@H](O[C@@H]2O[C@H](C(=O)O)[C@@H](O)[C@H]2O)C=C[C@H]3[C@H]1C5. The Balaban J connectivity index is 1.39. The molecule has 1 aromatic rings. The van der Waals surface area contributed by atoms with Crippen LogP contribution in [-0.2, 0) is 26.1 Å². The van der Waals surface area contributed by atoms with Crippen LogP contribution in [0.4, 0.5) is 0 Å². The number of likely N-dealkylation sites (N-methyl/N-ethyl adjacent to an activating group) is 1. The van der Waals surface area contributed by atoms with Crippen molar-refractivity contribution in [2.45, 2.75) is 61.1 Å². The van der Waals surface area contributed by atoms with Crippen LogP contribution in [0.5, 0.6) is 11.5 Å². The maximum absolute atomic E-state index is 11.3. The minimum absolute atomic E-state index is 0.0934. The second-order valence-electron chi connectivity index (χ2n) is 9.28. The number of phenolic OH excluding ortho intramolecular Hbond substituents is 1. The summed E-state index contributed by atoms with van der Waals surface area (Å²) >= 11 is 0. The van der Waals surface area contributed by atoms with Crippen LogP contribution in [-0.4, -0.2) is 87.7 Å². The van der Waals surface area contributed by atoms with Gasteiger partial charge in [0.15, 0.2) is 23.9 Å². The number of ether oxygens (including phenoxy) is 3. The maximum Gasteiger partial charge on any atom is 0.335 e. The zero-order valence-corrected chi connectivity index (χ0v) is 16.9. The van der Waals surface area contributed by atoms with E-state index in [-0.39, 0.29) is 17.1 Å². The largest absolute Gasteiger partial charge is 0.504 e. The number of piperidine rings is 1. The number of hydrogen-bond donors (Lipinski definition) is 4. The van der Waals surface area contributed by atoms with E-state index in [9.17, 15) is 25.2 Å². The molecule has 9 heteroatoms. The highest BCUT2D eigenvalue weighted by atomic mass is 16.7. The third kappa shape index (κ3) is 2.41. The van der Waals surface area contributed by atoms with E-state index in [2.05, 4.69) is 18.0 Å². The van der Waals surface area contributed by atoms with Crippen molar-refractivity contribution in [2.24, 2.45) is 5.92 Å². The first kappa shape index (κ1) is 19.5. The lowest BCUT2D eigenvalue weighted by atomic mass is 9.53. The van der Waals surface area contributed by atoms with E-state index < -0.39 is 42.8 Å². The van der Waals surface area contributed by atoms with Crippen LogP contribution in [0, 0.1) is 5.92 Å². The molecule has 2 bridgehead atoms. The van der Waals surface area contributed by atoms with Gasteiger partial charge in [-0.05, 0) is 38.1 Å². The standard InChI is InChI=1S/C22H25NO8/c1-23-7-6-22-10-3-5-13(29-21-16(26)15(25)18(31-21)20(27)28)19(22)30-17-12(24)4-2-9(14(17)22)8-11(10)23/h2-5,10-11,13,15-16,18-19,21,24-26H,6-8H2,1H3,(H,27,28)/t10-,11+,13-,15-,16+,18-,19-,21+,22?/m0/s1. The van der Waals surface area contributed by atoms with E-state index in [1.165, 1.54) is 0 Å². The molecule has 0 aromatic heterocycles. The molecule has 1 aromatic carbocycles. The lowest BCUT2D eigenvalue weighted by molar-refractivity contribution is -0.208. The Bertz CT molecular complexity index is 981. The zero-order chi connectivity index (χ0) is 21.7. The molecular formula is C22H25NO8. The molecule has 3 aliphatic heterocycles. The van der Waals surface area contributed by atoms with E-state index in [0.29, 0.717) is 11.8 Å². The van der Waals surface area contributed by atoms with Gasteiger partial charge in [-0.15, -0.1) is 0 Å². The van der Waals surface area contributed by atoms with Crippen molar-refractivity contribution in [3.63, 3.8) is 0 Å². The van der Waals surface area contributed by atoms with Gasteiger partial charge in [-0.25, -0.2) is 4.79 Å². The molecule has 6 rings (SSSR count). The molecule has 3 heterocycles. The quantitative estimate of drug-likeness (QED) is 0.479. The Hall–Kier alpha value is -2.17. The topological polar surface area (TPSA) is 129 Å². The molecule has 5 aliphatic rings. The number of aromatic hydroxyl groups is 1. The maximum atomic E-state index is 11.3. The summed E-state index contributed by atoms with van der Waals surface area (Å²) in [6.07, 6.45) is -1.34. The summed E-state index contributed by atoms with van der Waals surface area (Å²) < 4.78 is 17.7. The Morgan fingerprint density at radius 2 is 2.06 bits per heavy atom. The fourth-order valence-electron chi connectivity index (χ4n) is 6.45. The number of carbonyl (C=O) groups is 1. The molecule has 9 nitrogen and oxygen atoms in total. The number of rotatable bonds is 3. The third-order valence-corrected chi connectivity index (χ3v) is 7.88. The van der Waals surface area contributed by atoms with E-state index >= 15 is 0 Å². The number of aliphatic hydroxyl groups is 2. The Kier molecular flexibility index (Phi) is 4.05. The van der Waals surface area contributed by atoms with Gasteiger partial charge in [0, 0.05) is 22.9 Å². The molecule has 0 radical (unpaired) electrons. The molecule has 9 atom stereocenters. The first-order valence-electron chi connectivity index (χ1n) is 10.6. The van der Waals surface area contributed by atoms with Crippen molar-refractivity contribution >= 4 is 5.97 Å². The van der Waals surface area contributed by atoms with Crippen molar-refractivity contribution in [1.29, 1.82) is 0 Å². The molecule has 2 aliphatic carbocycles. The third-order valence-electron chi connectivity index (χ3n) is 7.88. The summed E-state index contributed by atoms with van der Waals surface area (Å²) in [5.41, 5.74) is 1.82. The predicted molar refractivity (Wildman–Crippen MR) is 105 cm³/mol. The first-order chi connectivity index (χ1) is 14.8. The van der Waals surface area contributed by atoms with Crippen LogP contribution in [0.1, 0.15) is 17.5 Å².